The van der Waals surface area contributed by atoms with E-state index in [-0.39, 0.29) is 42.2 Å². The van der Waals surface area contributed by atoms with Crippen LogP contribution in [0.2, 0.25) is 0 Å². The van der Waals surface area contributed by atoms with Crippen LogP contribution in [0.15, 0.2) is 280 Å². The molecule has 0 unspecified atom stereocenters. The number of rotatable bonds is 21. The van der Waals surface area contributed by atoms with Gasteiger partial charge in [-0.25, -0.2) is 33.7 Å². The van der Waals surface area contributed by atoms with Crippen molar-refractivity contribution in [1.29, 1.82) is 0 Å². The van der Waals surface area contributed by atoms with Crippen molar-refractivity contribution in [2.45, 2.75) is 133 Å². The average Bonchev–Trinajstić information content (AvgIpc) is 1.62. The Labute approximate surface area is 663 Å². The Hall–Kier alpha value is -13.1. The average molecular weight is 1520 g/mol. The van der Waals surface area contributed by atoms with Gasteiger partial charge in [-0.05, 0) is 267 Å². The number of benzene rings is 7. The summed E-state index contributed by atoms with van der Waals surface area (Å²) >= 11 is 0. The minimum atomic E-state index is -2.47. The topological polar surface area (TPSA) is 147 Å². The van der Waals surface area contributed by atoms with Gasteiger partial charge >= 0.3 is 0 Å². The summed E-state index contributed by atoms with van der Waals surface area (Å²) in [4.78, 5) is 22.5. The van der Waals surface area contributed by atoms with Crippen LogP contribution < -0.4 is 33.2 Å². The van der Waals surface area contributed by atoms with Crippen LogP contribution in [0.5, 0.6) is 40.4 Å². The van der Waals surface area contributed by atoms with E-state index in [1.165, 1.54) is 17.7 Å². The first-order valence-corrected chi connectivity index (χ1v) is 38.7. The van der Waals surface area contributed by atoms with Gasteiger partial charge in [-0.3, -0.25) is 17.6 Å². The number of halogens is 2. The van der Waals surface area contributed by atoms with E-state index in [0.717, 1.165) is 160 Å². The molecule has 0 atom stereocenters. The van der Waals surface area contributed by atoms with Crippen molar-refractivity contribution >= 4 is 22.6 Å². The molecule has 18 heteroatoms. The summed E-state index contributed by atoms with van der Waals surface area (Å²) in [5, 5.41) is 0. The fourth-order valence-electron chi connectivity index (χ4n) is 13.4. The lowest BCUT2D eigenvalue weighted by Gasteiger charge is -2.12. The number of hydrogen-bond acceptors (Lipinski definition) is 12. The molecule has 0 N–H and O–H groups in total. The molecule has 7 aromatic carbocycles. The molecular weight excluding hydrogens is 1430 g/mol. The van der Waals surface area contributed by atoms with E-state index < -0.39 is 6.43 Å². The van der Waals surface area contributed by atoms with Gasteiger partial charge in [0, 0.05) is 71.3 Å². The van der Waals surface area contributed by atoms with Crippen molar-refractivity contribution in [3.8, 4) is 130 Å². The fourth-order valence-corrected chi connectivity index (χ4v) is 13.4. The smallest absolute Gasteiger partial charge is 0.263 e. The first-order valence-electron chi connectivity index (χ1n) is 38.7. The lowest BCUT2D eigenvalue weighted by Crippen LogP contribution is -2.06. The van der Waals surface area contributed by atoms with Gasteiger partial charge in [0.2, 0.25) is 5.88 Å². The van der Waals surface area contributed by atoms with Gasteiger partial charge in [-0.15, -0.1) is 0 Å². The number of imidazole rings is 4. The summed E-state index contributed by atoms with van der Waals surface area (Å²) in [6, 6.07) is 73.7. The van der Waals surface area contributed by atoms with Gasteiger partial charge in [-0.1, -0.05) is 84.9 Å². The second kappa shape index (κ2) is 35.1. The molecule has 17 rings (SSSR count). The third kappa shape index (κ3) is 18.9. The van der Waals surface area contributed by atoms with E-state index >= 15 is 0 Å². The number of hydrogen-bond donors (Lipinski definition) is 0. The van der Waals surface area contributed by atoms with Crippen molar-refractivity contribution in [1.82, 2.24) is 42.5 Å². The second-order valence-corrected chi connectivity index (χ2v) is 29.5. The van der Waals surface area contributed by atoms with Crippen LogP contribution >= 0.6 is 0 Å². The van der Waals surface area contributed by atoms with E-state index in [4.69, 9.17) is 33.2 Å². The lowest BCUT2D eigenvalue weighted by atomic mass is 10.1. The Bertz CT molecular complexity index is 5890. The number of pyridine rings is 5. The Morgan fingerprint density at radius 1 is 0.289 bits per heavy atom. The predicted octanol–water partition coefficient (Wildman–Crippen LogP) is 23.7. The Morgan fingerprint density at radius 3 is 0.974 bits per heavy atom. The van der Waals surface area contributed by atoms with E-state index in [1.54, 1.807) is 18.3 Å². The van der Waals surface area contributed by atoms with Gasteiger partial charge in [0.25, 0.3) is 6.43 Å². The zero-order chi connectivity index (χ0) is 79.5. The molecule has 0 aliphatic carbocycles. The minimum absolute atomic E-state index is 0.0157. The van der Waals surface area contributed by atoms with Crippen molar-refractivity contribution in [3.63, 3.8) is 0 Å². The highest BCUT2D eigenvalue weighted by Gasteiger charge is 2.18. The summed E-state index contributed by atoms with van der Waals surface area (Å²) in [6.45, 7) is 25.0. The normalized spacial score (nSPS) is 11.8. The first kappa shape index (κ1) is 77.6. The van der Waals surface area contributed by atoms with Crippen LogP contribution in [0, 0.1) is 0 Å². The Balaban J connectivity index is 0.000000126. The number of nitrogens with zero attached hydrogens (tertiary/aromatic N) is 9. The molecule has 114 heavy (non-hydrogen) atoms. The molecule has 0 spiro atoms. The highest BCUT2D eigenvalue weighted by molar-refractivity contribution is 5.75. The fraction of sp³-hybridized carbons (Fsp3) is 0.219. The van der Waals surface area contributed by atoms with Gasteiger partial charge in [0.15, 0.2) is 0 Å². The Morgan fingerprint density at radius 2 is 0.614 bits per heavy atom. The molecule has 0 amide bonds. The first-order chi connectivity index (χ1) is 55.2. The molecule has 16 aromatic rings. The largest absolute Gasteiger partial charge is 0.493 e. The predicted molar refractivity (Wildman–Crippen MR) is 451 cm³/mol. The van der Waals surface area contributed by atoms with Gasteiger partial charge in [0.1, 0.15) is 57.1 Å². The van der Waals surface area contributed by atoms with E-state index in [2.05, 4.69) is 148 Å². The molecule has 0 saturated carbocycles. The molecule has 1 aliphatic heterocycles. The molecule has 0 fully saturated rings. The highest BCUT2D eigenvalue weighted by atomic mass is 19.3. The van der Waals surface area contributed by atoms with Crippen LogP contribution in [0.4, 0.5) is 8.78 Å². The molecule has 0 saturated heterocycles. The summed E-state index contributed by atoms with van der Waals surface area (Å²) < 4.78 is 74.0. The van der Waals surface area contributed by atoms with Crippen molar-refractivity contribution in [2.24, 2.45) is 0 Å². The zero-order valence-electron chi connectivity index (χ0n) is 66.2. The van der Waals surface area contributed by atoms with Crippen molar-refractivity contribution < 1.29 is 41.9 Å². The van der Waals surface area contributed by atoms with Crippen LogP contribution in [0.3, 0.4) is 0 Å². The zero-order valence-corrected chi connectivity index (χ0v) is 66.2. The molecule has 10 heterocycles. The third-order valence-electron chi connectivity index (χ3n) is 18.6. The van der Waals surface area contributed by atoms with Crippen LogP contribution in [0.1, 0.15) is 101 Å². The number of alkyl halides is 2. The molecule has 0 bridgehead atoms. The van der Waals surface area contributed by atoms with Crippen molar-refractivity contribution in [3.05, 3.63) is 291 Å². The highest BCUT2D eigenvalue weighted by Crippen LogP contribution is 2.36. The minimum Gasteiger partial charge on any atom is -0.493 e. The maximum absolute atomic E-state index is 12.8. The maximum Gasteiger partial charge on any atom is 0.263 e. The van der Waals surface area contributed by atoms with Gasteiger partial charge < -0.3 is 33.2 Å². The van der Waals surface area contributed by atoms with Crippen LogP contribution in [0.25, 0.3) is 112 Å². The quantitative estimate of drug-likeness (QED) is 0.0674. The van der Waals surface area contributed by atoms with Gasteiger partial charge in [0.05, 0.1) is 90.8 Å². The van der Waals surface area contributed by atoms with E-state index in [1.807, 2.05) is 228 Å². The molecular formula is C96H93F2N9O7. The molecule has 578 valence electrons. The van der Waals surface area contributed by atoms with Crippen LogP contribution in [-0.2, 0) is 6.42 Å². The molecule has 1 aliphatic rings. The van der Waals surface area contributed by atoms with Crippen molar-refractivity contribution in [2.75, 3.05) is 6.61 Å². The van der Waals surface area contributed by atoms with E-state index in [9.17, 15) is 8.78 Å². The standard InChI is InChI=1S/C25H26N2O2.C24H25N3O2.C24H22N2O2.C23H20F2N2O/c1-17(2)28-22-11-8-19(9-12-22)21-10-13-25-26-15-24(27(25)16-21)20-6-5-7-23(14-20)29-18(3)4;1-16(2)28-21-9-5-18(6-10-21)20-7-11-23-25-14-22(27(23)15-20)19-8-12-24(26-13-19)29-17(3)4;1-16(2)28-21-7-3-17(4-8-21)20-6-10-24-25-14-22(26(24)15-20)18-5-9-23-19(13-18)11-12-27-23;1-15(2)28-20-10-7-16(8-11-20)19-9-12-22-26-13-21(27(22)14-19)17-3-5-18(6-4-17)23(24)25/h5-18H,1-4H3;5-17H,1-4H3;3-10,13-16H,11-12H2,1-2H3;3-15,23H,1-2H3. The summed E-state index contributed by atoms with van der Waals surface area (Å²) in [5.41, 5.74) is 21.8. The number of ether oxygens (including phenoxy) is 7. The SMILES string of the molecule is CC(C)Oc1ccc(-c2ccc3ncc(-c4ccc(C(F)F)cc4)n3c2)cc1.CC(C)Oc1ccc(-c2ccc3ncc(-c4ccc(OC(C)C)nc4)n3c2)cc1.CC(C)Oc1ccc(-c2ccc3ncc(-c4ccc5c(c4)CCO5)n3c2)cc1.CC(C)Oc1ccc(-c2ccc3ncc(-c4cccc(OC(C)C)c4)n3c2)cc1. The molecule has 16 nitrogen and oxygen atoms in total. The summed E-state index contributed by atoms with van der Waals surface area (Å²) in [7, 11) is 0. The summed E-state index contributed by atoms with van der Waals surface area (Å²) in [6.07, 6.45) is 17.1. The second-order valence-electron chi connectivity index (χ2n) is 29.5. The Kier molecular flexibility index (Phi) is 23.9. The van der Waals surface area contributed by atoms with Crippen LogP contribution in [-0.4, -0.2) is 85.8 Å². The monoisotopic (exact) mass is 1520 g/mol. The number of aromatic nitrogens is 9. The summed E-state index contributed by atoms with van der Waals surface area (Å²) in [5.74, 6) is 5.98. The van der Waals surface area contributed by atoms with E-state index in [0.29, 0.717) is 5.88 Å². The van der Waals surface area contributed by atoms with Gasteiger partial charge in [-0.2, -0.15) is 0 Å². The lowest BCUT2D eigenvalue weighted by molar-refractivity contribution is 0.151. The maximum atomic E-state index is 12.8. The molecule has 9 aromatic heterocycles. The molecule has 0 radical (unpaired) electrons. The third-order valence-corrected chi connectivity index (χ3v) is 18.6. The number of fused-ring (bicyclic) bond motifs is 5.